The number of aromatic nitrogens is 2. The lowest BCUT2D eigenvalue weighted by Gasteiger charge is -2.34. The van der Waals surface area contributed by atoms with E-state index in [2.05, 4.69) is 5.10 Å². The molecular weight excluding hydrogens is 320 g/mol. The molecule has 0 saturated carbocycles. The monoisotopic (exact) mass is 342 g/mol. The number of nitrogens with zero attached hydrogens (tertiary/aromatic N) is 4. The van der Waals surface area contributed by atoms with Gasteiger partial charge in [-0.15, -0.1) is 0 Å². The molecule has 3 rings (SSSR count). The largest absolute Gasteiger partial charge is 0.450 e. The van der Waals surface area contributed by atoms with Crippen molar-refractivity contribution >= 4 is 12.0 Å². The molecule has 0 atom stereocenters. The Hall–Kier alpha value is -2.83. The summed E-state index contributed by atoms with van der Waals surface area (Å²) < 4.78 is 6.69. The number of ether oxygens (including phenoxy) is 1. The molecule has 0 aliphatic carbocycles. The molecule has 132 valence electrons. The molecule has 7 nitrogen and oxygen atoms in total. The molecule has 0 bridgehead atoms. The van der Waals surface area contributed by atoms with Gasteiger partial charge in [0.05, 0.1) is 18.0 Å². The number of benzene rings is 1. The van der Waals surface area contributed by atoms with E-state index < -0.39 is 0 Å². The molecule has 1 aromatic carbocycles. The van der Waals surface area contributed by atoms with Crippen LogP contribution in [0, 0.1) is 6.92 Å². The van der Waals surface area contributed by atoms with Gasteiger partial charge in [-0.25, -0.2) is 9.48 Å². The third kappa shape index (κ3) is 3.65. The first-order chi connectivity index (χ1) is 12.1. The highest BCUT2D eigenvalue weighted by Gasteiger charge is 2.27. The molecule has 1 aromatic heterocycles. The van der Waals surface area contributed by atoms with E-state index in [1.165, 1.54) is 0 Å². The first kappa shape index (κ1) is 17.0. The van der Waals surface area contributed by atoms with Gasteiger partial charge in [0, 0.05) is 26.2 Å². The minimum atomic E-state index is -0.320. The van der Waals surface area contributed by atoms with E-state index in [0.29, 0.717) is 38.5 Å². The fourth-order valence-corrected chi connectivity index (χ4v) is 2.89. The van der Waals surface area contributed by atoms with E-state index in [4.69, 9.17) is 4.74 Å². The van der Waals surface area contributed by atoms with Gasteiger partial charge in [0.1, 0.15) is 5.69 Å². The van der Waals surface area contributed by atoms with Crippen molar-refractivity contribution in [3.05, 3.63) is 47.8 Å². The van der Waals surface area contributed by atoms with Gasteiger partial charge >= 0.3 is 6.09 Å². The van der Waals surface area contributed by atoms with Crippen LogP contribution in [0.5, 0.6) is 0 Å². The highest BCUT2D eigenvalue weighted by Crippen LogP contribution is 2.16. The molecule has 7 heteroatoms. The molecule has 1 aliphatic rings. The van der Waals surface area contributed by atoms with Crippen molar-refractivity contribution in [2.75, 3.05) is 32.8 Å². The molecule has 2 heterocycles. The summed E-state index contributed by atoms with van der Waals surface area (Å²) in [7, 11) is 0. The highest BCUT2D eigenvalue weighted by molar-refractivity contribution is 5.93. The quantitative estimate of drug-likeness (QED) is 0.857. The van der Waals surface area contributed by atoms with Gasteiger partial charge in [-0.05, 0) is 32.0 Å². The number of hydrogen-bond acceptors (Lipinski definition) is 4. The third-order valence-electron chi connectivity index (χ3n) is 4.14. The number of amides is 2. The molecule has 2 amide bonds. The van der Waals surface area contributed by atoms with Gasteiger partial charge in [-0.3, -0.25) is 4.79 Å². The summed E-state index contributed by atoms with van der Waals surface area (Å²) in [4.78, 5) is 28.1. The lowest BCUT2D eigenvalue weighted by Crippen LogP contribution is -2.51. The topological polar surface area (TPSA) is 67.7 Å². The molecular formula is C18H22N4O3. The first-order valence-electron chi connectivity index (χ1n) is 8.43. The van der Waals surface area contributed by atoms with Crippen LogP contribution < -0.4 is 0 Å². The lowest BCUT2D eigenvalue weighted by atomic mass is 10.2. The van der Waals surface area contributed by atoms with Crippen molar-refractivity contribution in [3.63, 3.8) is 0 Å². The van der Waals surface area contributed by atoms with Crippen molar-refractivity contribution < 1.29 is 14.3 Å². The lowest BCUT2D eigenvalue weighted by molar-refractivity contribution is 0.0563. The number of rotatable bonds is 3. The summed E-state index contributed by atoms with van der Waals surface area (Å²) >= 11 is 0. The maximum Gasteiger partial charge on any atom is 0.409 e. The van der Waals surface area contributed by atoms with Crippen molar-refractivity contribution in [2.24, 2.45) is 0 Å². The van der Waals surface area contributed by atoms with E-state index in [1.54, 1.807) is 27.5 Å². The number of hydrogen-bond donors (Lipinski definition) is 0. The van der Waals surface area contributed by atoms with Crippen molar-refractivity contribution in [1.29, 1.82) is 0 Å². The summed E-state index contributed by atoms with van der Waals surface area (Å²) in [5.74, 6) is -0.0760. The van der Waals surface area contributed by atoms with Crippen LogP contribution in [-0.4, -0.2) is 64.4 Å². The Kier molecular flexibility index (Phi) is 5.02. The number of aryl methyl sites for hydroxylation is 1. The van der Waals surface area contributed by atoms with Gasteiger partial charge in [0.2, 0.25) is 0 Å². The number of para-hydroxylation sites is 1. The van der Waals surface area contributed by atoms with Crippen molar-refractivity contribution in [1.82, 2.24) is 19.6 Å². The molecule has 1 aliphatic heterocycles. The molecule has 0 N–H and O–H groups in total. The molecule has 0 unspecified atom stereocenters. The Morgan fingerprint density at radius 3 is 2.36 bits per heavy atom. The Bertz CT molecular complexity index is 749. The average molecular weight is 342 g/mol. The van der Waals surface area contributed by atoms with Crippen molar-refractivity contribution in [2.45, 2.75) is 13.8 Å². The fourth-order valence-electron chi connectivity index (χ4n) is 2.89. The van der Waals surface area contributed by atoms with E-state index in [9.17, 15) is 9.59 Å². The summed E-state index contributed by atoms with van der Waals surface area (Å²) in [6.07, 6.45) is -0.320. The summed E-state index contributed by atoms with van der Waals surface area (Å²) in [5.41, 5.74) is 2.18. The Balaban J connectivity index is 1.74. The maximum absolute atomic E-state index is 12.9. The zero-order valence-corrected chi connectivity index (χ0v) is 14.5. The molecule has 0 spiro atoms. The van der Waals surface area contributed by atoms with Crippen LogP contribution in [-0.2, 0) is 4.74 Å². The standard InChI is InChI=1S/C18H22N4O3/c1-3-25-18(24)21-11-9-20(10-12-21)17(23)16-13-14(2)19-22(16)15-7-5-4-6-8-15/h4-8,13H,3,9-12H2,1-2H3. The van der Waals surface area contributed by atoms with Crippen LogP contribution in [0.4, 0.5) is 4.79 Å². The van der Waals surface area contributed by atoms with Gasteiger partial charge in [-0.1, -0.05) is 18.2 Å². The Morgan fingerprint density at radius 2 is 1.72 bits per heavy atom. The van der Waals surface area contributed by atoms with Gasteiger partial charge in [0.15, 0.2) is 0 Å². The smallest absolute Gasteiger partial charge is 0.409 e. The normalized spacial score (nSPS) is 14.5. The minimum Gasteiger partial charge on any atom is -0.450 e. The van der Waals surface area contributed by atoms with Gasteiger partial charge in [-0.2, -0.15) is 5.10 Å². The van der Waals surface area contributed by atoms with E-state index in [-0.39, 0.29) is 12.0 Å². The van der Waals surface area contributed by atoms with Crippen LogP contribution in [0.25, 0.3) is 5.69 Å². The zero-order chi connectivity index (χ0) is 17.8. The predicted octanol–water partition coefficient (Wildman–Crippen LogP) is 2.10. The molecule has 1 saturated heterocycles. The van der Waals surface area contributed by atoms with Crippen LogP contribution in [0.3, 0.4) is 0 Å². The Labute approximate surface area is 146 Å². The van der Waals surface area contributed by atoms with E-state index in [0.717, 1.165) is 11.4 Å². The summed E-state index contributed by atoms with van der Waals surface area (Å²) in [5, 5.41) is 4.45. The summed E-state index contributed by atoms with van der Waals surface area (Å²) in [6.45, 7) is 5.92. The number of carbonyl (C=O) groups is 2. The third-order valence-corrected chi connectivity index (χ3v) is 4.14. The van der Waals surface area contributed by atoms with Crippen LogP contribution in [0.15, 0.2) is 36.4 Å². The molecule has 0 radical (unpaired) electrons. The SMILES string of the molecule is CCOC(=O)N1CCN(C(=O)c2cc(C)nn2-c2ccccc2)CC1. The zero-order valence-electron chi connectivity index (χ0n) is 14.5. The minimum absolute atomic E-state index is 0.0760. The second-order valence-corrected chi connectivity index (χ2v) is 5.90. The highest BCUT2D eigenvalue weighted by atomic mass is 16.6. The van der Waals surface area contributed by atoms with Crippen LogP contribution in [0.2, 0.25) is 0 Å². The van der Waals surface area contributed by atoms with E-state index >= 15 is 0 Å². The summed E-state index contributed by atoms with van der Waals surface area (Å²) in [6, 6.07) is 11.4. The number of piperazine rings is 1. The molecule has 2 aromatic rings. The predicted molar refractivity (Wildman–Crippen MR) is 92.8 cm³/mol. The Morgan fingerprint density at radius 1 is 1.08 bits per heavy atom. The van der Waals surface area contributed by atoms with Crippen molar-refractivity contribution in [3.8, 4) is 5.69 Å². The van der Waals surface area contributed by atoms with Crippen LogP contribution in [0.1, 0.15) is 23.1 Å². The van der Waals surface area contributed by atoms with Crippen LogP contribution >= 0.6 is 0 Å². The maximum atomic E-state index is 12.9. The van der Waals surface area contributed by atoms with Gasteiger partial charge in [0.25, 0.3) is 5.91 Å². The van der Waals surface area contributed by atoms with Gasteiger partial charge < -0.3 is 14.5 Å². The average Bonchev–Trinajstić information content (AvgIpc) is 3.04. The first-order valence-corrected chi connectivity index (χ1v) is 8.43. The van der Waals surface area contributed by atoms with E-state index in [1.807, 2.05) is 37.3 Å². The second-order valence-electron chi connectivity index (χ2n) is 5.90. The number of carbonyl (C=O) groups excluding carboxylic acids is 2. The molecule has 25 heavy (non-hydrogen) atoms. The molecule has 1 fully saturated rings. The second kappa shape index (κ2) is 7.38. The fraction of sp³-hybridized carbons (Fsp3) is 0.389.